The highest BCUT2D eigenvalue weighted by Crippen LogP contribution is 2.18. The lowest BCUT2D eigenvalue weighted by atomic mass is 10.2. The summed E-state index contributed by atoms with van der Waals surface area (Å²) in [5, 5.41) is 6.71. The molecule has 1 aromatic carbocycles. The number of benzene rings is 1. The Kier molecular flexibility index (Phi) is 4.89. The Morgan fingerprint density at radius 1 is 1.33 bits per heavy atom. The maximum Gasteiger partial charge on any atom is 0.396 e. The van der Waals surface area contributed by atoms with Crippen LogP contribution in [0.25, 0.3) is 11.4 Å². The molecule has 0 aliphatic carbocycles. The molecule has 1 N–H and O–H groups in total. The van der Waals surface area contributed by atoms with Crippen LogP contribution in [0.5, 0.6) is 0 Å². The van der Waals surface area contributed by atoms with E-state index in [2.05, 4.69) is 20.2 Å². The van der Waals surface area contributed by atoms with Crippen molar-refractivity contribution in [1.29, 1.82) is 0 Å². The summed E-state index contributed by atoms with van der Waals surface area (Å²) in [6.45, 7) is 1.69. The van der Waals surface area contributed by atoms with Gasteiger partial charge in [-0.1, -0.05) is 16.8 Å². The topological polar surface area (TPSA) is 94.3 Å². The van der Waals surface area contributed by atoms with Crippen molar-refractivity contribution in [3.63, 3.8) is 0 Å². The summed E-state index contributed by atoms with van der Waals surface area (Å²) in [6.07, 6.45) is 0. The van der Waals surface area contributed by atoms with Crippen LogP contribution in [0.2, 0.25) is 5.02 Å². The second kappa shape index (κ2) is 6.85. The maximum atomic E-state index is 11.3. The molecule has 7 nitrogen and oxygen atoms in total. The van der Waals surface area contributed by atoms with Crippen LogP contribution in [-0.2, 0) is 20.9 Å². The van der Waals surface area contributed by atoms with Gasteiger partial charge in [-0.2, -0.15) is 4.98 Å². The van der Waals surface area contributed by atoms with Crippen LogP contribution < -0.4 is 5.32 Å². The van der Waals surface area contributed by atoms with E-state index in [9.17, 15) is 9.59 Å². The van der Waals surface area contributed by atoms with E-state index in [1.54, 1.807) is 31.2 Å². The highest BCUT2D eigenvalue weighted by molar-refractivity contribution is 6.32. The van der Waals surface area contributed by atoms with Crippen molar-refractivity contribution < 1.29 is 18.8 Å². The van der Waals surface area contributed by atoms with Crippen LogP contribution >= 0.6 is 11.6 Å². The number of rotatable bonds is 4. The molecule has 2 rings (SSSR count). The number of hydrogen-bond donors (Lipinski definition) is 1. The molecule has 21 heavy (non-hydrogen) atoms. The van der Waals surface area contributed by atoms with Crippen LogP contribution in [-0.4, -0.2) is 28.6 Å². The van der Waals surface area contributed by atoms with Crippen LogP contribution in [0.3, 0.4) is 0 Å². The van der Waals surface area contributed by atoms with Gasteiger partial charge < -0.3 is 14.6 Å². The van der Waals surface area contributed by atoms with Gasteiger partial charge in [0.25, 0.3) is 0 Å². The van der Waals surface area contributed by atoms with Gasteiger partial charge in [0.05, 0.1) is 13.2 Å². The van der Waals surface area contributed by atoms with Crippen molar-refractivity contribution in [1.82, 2.24) is 15.5 Å². The van der Waals surface area contributed by atoms with Gasteiger partial charge in [-0.3, -0.25) is 4.79 Å². The first kappa shape index (κ1) is 15.0. The Morgan fingerprint density at radius 3 is 2.71 bits per heavy atom. The van der Waals surface area contributed by atoms with Crippen molar-refractivity contribution >= 4 is 23.5 Å². The number of halogens is 1. The van der Waals surface area contributed by atoms with Gasteiger partial charge in [0.2, 0.25) is 11.7 Å². The molecule has 0 unspecified atom stereocenters. The summed E-state index contributed by atoms with van der Waals surface area (Å²) in [5.74, 6) is -1.26. The zero-order chi connectivity index (χ0) is 15.2. The first-order valence-corrected chi connectivity index (χ1v) is 6.51. The lowest BCUT2D eigenvalue weighted by Crippen LogP contribution is -2.32. The average molecular weight is 310 g/mol. The normalized spacial score (nSPS) is 10.2. The Morgan fingerprint density at radius 2 is 2.05 bits per heavy atom. The number of carbonyl (C=O) groups is 2. The molecule has 110 valence electrons. The number of amides is 1. The summed E-state index contributed by atoms with van der Waals surface area (Å²) in [5.41, 5.74) is 0.728. The number of carbonyl (C=O) groups excluding carboxylic acids is 2. The summed E-state index contributed by atoms with van der Waals surface area (Å²) >= 11 is 5.79. The summed E-state index contributed by atoms with van der Waals surface area (Å²) in [6, 6.07) is 6.90. The first-order chi connectivity index (χ1) is 10.1. The number of nitrogens with one attached hydrogen (secondary N) is 1. The Balaban J connectivity index is 1.96. The first-order valence-electron chi connectivity index (χ1n) is 6.13. The molecule has 0 spiro atoms. The highest BCUT2D eigenvalue weighted by Gasteiger charge is 2.16. The second-order valence-corrected chi connectivity index (χ2v) is 4.36. The molecule has 0 radical (unpaired) electrons. The monoisotopic (exact) mass is 309 g/mol. The summed E-state index contributed by atoms with van der Waals surface area (Å²) in [7, 11) is 0. The number of ether oxygens (including phenoxy) is 1. The molecular weight excluding hydrogens is 298 g/mol. The van der Waals surface area contributed by atoms with E-state index in [4.69, 9.17) is 16.1 Å². The van der Waals surface area contributed by atoms with Crippen LogP contribution in [0, 0.1) is 0 Å². The molecule has 0 bridgehead atoms. The fourth-order valence-electron chi connectivity index (χ4n) is 1.47. The second-order valence-electron chi connectivity index (χ2n) is 3.92. The number of esters is 1. The predicted molar refractivity (Wildman–Crippen MR) is 73.2 cm³/mol. The standard InChI is InChI=1S/C13H12ClN3O4/c1-2-20-13(19)12(18)15-7-10-16-11(17-21-10)8-3-5-9(14)6-4-8/h3-6H,2,7H2,1H3,(H,15,18). The van der Waals surface area contributed by atoms with E-state index in [1.165, 1.54) is 0 Å². The van der Waals surface area contributed by atoms with Crippen molar-refractivity contribution in [3.8, 4) is 11.4 Å². The van der Waals surface area contributed by atoms with E-state index >= 15 is 0 Å². The third kappa shape index (κ3) is 4.03. The van der Waals surface area contributed by atoms with Gasteiger partial charge in [0.15, 0.2) is 0 Å². The molecule has 0 saturated carbocycles. The molecule has 0 aliphatic heterocycles. The zero-order valence-corrected chi connectivity index (χ0v) is 11.9. The minimum Gasteiger partial charge on any atom is -0.459 e. The highest BCUT2D eigenvalue weighted by atomic mass is 35.5. The molecule has 0 atom stereocenters. The minimum atomic E-state index is -0.949. The average Bonchev–Trinajstić information content (AvgIpc) is 2.94. The van der Waals surface area contributed by atoms with Crippen LogP contribution in [0.4, 0.5) is 0 Å². The molecule has 8 heteroatoms. The van der Waals surface area contributed by atoms with Gasteiger partial charge in [0, 0.05) is 10.6 Å². The molecule has 0 aliphatic rings. The van der Waals surface area contributed by atoms with E-state index in [-0.39, 0.29) is 19.0 Å². The third-order valence-electron chi connectivity index (χ3n) is 2.43. The van der Waals surface area contributed by atoms with Crippen molar-refractivity contribution in [3.05, 3.63) is 35.2 Å². The molecule has 1 heterocycles. The van der Waals surface area contributed by atoms with E-state index in [0.29, 0.717) is 10.8 Å². The van der Waals surface area contributed by atoms with Gasteiger partial charge in [-0.15, -0.1) is 0 Å². The van der Waals surface area contributed by atoms with Gasteiger partial charge in [-0.25, -0.2) is 4.79 Å². The number of nitrogens with zero attached hydrogens (tertiary/aromatic N) is 2. The molecular formula is C13H12ClN3O4. The number of aromatic nitrogens is 2. The third-order valence-corrected chi connectivity index (χ3v) is 2.68. The Labute approximate surface area is 125 Å². The quantitative estimate of drug-likeness (QED) is 0.680. The molecule has 2 aromatic rings. The fourth-order valence-corrected chi connectivity index (χ4v) is 1.59. The van der Waals surface area contributed by atoms with Crippen LogP contribution in [0.15, 0.2) is 28.8 Å². The lowest BCUT2D eigenvalue weighted by Gasteiger charge is -2.00. The maximum absolute atomic E-state index is 11.3. The number of hydrogen-bond acceptors (Lipinski definition) is 6. The van der Waals surface area contributed by atoms with Crippen molar-refractivity contribution in [2.24, 2.45) is 0 Å². The largest absolute Gasteiger partial charge is 0.459 e. The van der Waals surface area contributed by atoms with Gasteiger partial charge in [-0.05, 0) is 31.2 Å². The smallest absolute Gasteiger partial charge is 0.396 e. The van der Waals surface area contributed by atoms with Gasteiger partial charge >= 0.3 is 11.9 Å². The summed E-state index contributed by atoms with van der Waals surface area (Å²) in [4.78, 5) is 26.5. The predicted octanol–water partition coefficient (Wildman–Crippen LogP) is 1.57. The van der Waals surface area contributed by atoms with Crippen molar-refractivity contribution in [2.45, 2.75) is 13.5 Å². The Bertz CT molecular complexity index is 639. The fraction of sp³-hybridized carbons (Fsp3) is 0.231. The molecule has 1 amide bonds. The molecule has 0 fully saturated rings. The van der Waals surface area contributed by atoms with E-state index in [0.717, 1.165) is 5.56 Å². The Hall–Kier alpha value is -2.41. The van der Waals surface area contributed by atoms with E-state index in [1.807, 2.05) is 0 Å². The molecule has 1 aromatic heterocycles. The minimum absolute atomic E-state index is 0.0573. The zero-order valence-electron chi connectivity index (χ0n) is 11.1. The van der Waals surface area contributed by atoms with E-state index < -0.39 is 11.9 Å². The SMILES string of the molecule is CCOC(=O)C(=O)NCc1nc(-c2ccc(Cl)cc2)no1. The van der Waals surface area contributed by atoms with Crippen LogP contribution in [0.1, 0.15) is 12.8 Å². The lowest BCUT2D eigenvalue weighted by molar-refractivity contribution is -0.154. The summed E-state index contributed by atoms with van der Waals surface area (Å²) < 4.78 is 9.53. The van der Waals surface area contributed by atoms with Gasteiger partial charge in [0.1, 0.15) is 0 Å². The molecule has 0 saturated heterocycles. The van der Waals surface area contributed by atoms with Crippen molar-refractivity contribution in [2.75, 3.05) is 6.61 Å².